The molecular formula is C16H19N3O3. The molecule has 2 rings (SSSR count). The van der Waals surface area contributed by atoms with Gasteiger partial charge in [-0.1, -0.05) is 18.2 Å². The number of benzene rings is 1. The fourth-order valence-corrected chi connectivity index (χ4v) is 2.30. The number of para-hydroxylation sites is 1. The second-order valence-corrected chi connectivity index (χ2v) is 6.18. The van der Waals surface area contributed by atoms with Gasteiger partial charge in [0.25, 0.3) is 11.7 Å². The fraction of sp³-hybridized carbons (Fsp3) is 0.312. The van der Waals surface area contributed by atoms with Crippen LogP contribution in [0.5, 0.6) is 0 Å². The molecule has 0 aliphatic heterocycles. The van der Waals surface area contributed by atoms with Crippen LogP contribution in [0.25, 0.3) is 10.9 Å². The Morgan fingerprint density at radius 2 is 1.82 bits per heavy atom. The molecule has 0 aliphatic rings. The van der Waals surface area contributed by atoms with Crippen molar-refractivity contribution in [1.29, 1.82) is 0 Å². The highest BCUT2D eigenvalue weighted by Gasteiger charge is 2.20. The number of rotatable bonds is 4. The van der Waals surface area contributed by atoms with Crippen LogP contribution in [-0.4, -0.2) is 27.7 Å². The number of ketones is 1. The number of primary amides is 1. The zero-order chi connectivity index (χ0) is 16.5. The molecule has 1 aromatic heterocycles. The summed E-state index contributed by atoms with van der Waals surface area (Å²) in [4.78, 5) is 35.1. The number of nitrogens with one attached hydrogen (secondary N) is 1. The number of nitrogens with zero attached hydrogens (tertiary/aromatic N) is 1. The van der Waals surface area contributed by atoms with E-state index in [0.717, 1.165) is 0 Å². The standard InChI is InChI=1S/C16H19N3O3/c1-16(2,3)18-13(20)9-19-8-11(14(21)15(17)22)10-6-4-5-7-12(10)19/h4-8H,9H2,1-3H3,(H2,17,22)(H,18,20). The summed E-state index contributed by atoms with van der Waals surface area (Å²) < 4.78 is 1.65. The van der Waals surface area contributed by atoms with Gasteiger partial charge in [0.15, 0.2) is 0 Å². The van der Waals surface area contributed by atoms with E-state index in [0.29, 0.717) is 10.9 Å². The minimum absolute atomic E-state index is 0.0594. The molecule has 0 spiro atoms. The van der Waals surface area contributed by atoms with Gasteiger partial charge < -0.3 is 15.6 Å². The largest absolute Gasteiger partial charge is 0.363 e. The van der Waals surface area contributed by atoms with E-state index in [4.69, 9.17) is 5.73 Å². The van der Waals surface area contributed by atoms with Crippen LogP contribution in [0.4, 0.5) is 0 Å². The zero-order valence-electron chi connectivity index (χ0n) is 12.8. The third kappa shape index (κ3) is 3.33. The lowest BCUT2D eigenvalue weighted by atomic mass is 10.1. The minimum Gasteiger partial charge on any atom is -0.363 e. The highest BCUT2D eigenvalue weighted by molar-refractivity contribution is 6.44. The highest BCUT2D eigenvalue weighted by atomic mass is 16.2. The van der Waals surface area contributed by atoms with Gasteiger partial charge in [-0.05, 0) is 26.8 Å². The molecule has 22 heavy (non-hydrogen) atoms. The smallest absolute Gasteiger partial charge is 0.289 e. The van der Waals surface area contributed by atoms with E-state index < -0.39 is 11.7 Å². The predicted molar refractivity (Wildman–Crippen MR) is 83.4 cm³/mol. The summed E-state index contributed by atoms with van der Waals surface area (Å²) in [5.41, 5.74) is 5.65. The lowest BCUT2D eigenvalue weighted by Crippen LogP contribution is -2.42. The molecule has 6 heteroatoms. The Bertz CT molecular complexity index is 754. The van der Waals surface area contributed by atoms with Crippen molar-refractivity contribution in [2.75, 3.05) is 0 Å². The number of fused-ring (bicyclic) bond motifs is 1. The molecule has 116 valence electrons. The second kappa shape index (κ2) is 5.63. The molecule has 1 aromatic carbocycles. The first-order chi connectivity index (χ1) is 10.2. The van der Waals surface area contributed by atoms with Gasteiger partial charge in [-0.25, -0.2) is 0 Å². The third-order valence-electron chi connectivity index (χ3n) is 3.09. The lowest BCUT2D eigenvalue weighted by molar-refractivity contribution is -0.123. The molecule has 0 bridgehead atoms. The molecule has 0 unspecified atom stereocenters. The van der Waals surface area contributed by atoms with E-state index in [9.17, 15) is 14.4 Å². The molecular weight excluding hydrogens is 282 g/mol. The molecule has 1 heterocycles. The number of hydrogen-bond donors (Lipinski definition) is 2. The number of Topliss-reactive ketones (excluding diaryl/α,β-unsaturated/α-hetero) is 1. The molecule has 0 radical (unpaired) electrons. The topological polar surface area (TPSA) is 94.2 Å². The Morgan fingerprint density at radius 1 is 1.18 bits per heavy atom. The van der Waals surface area contributed by atoms with Crippen LogP contribution in [0.1, 0.15) is 31.1 Å². The zero-order valence-corrected chi connectivity index (χ0v) is 12.8. The Morgan fingerprint density at radius 3 is 2.41 bits per heavy atom. The summed E-state index contributed by atoms with van der Waals surface area (Å²) in [5.74, 6) is -1.94. The first-order valence-corrected chi connectivity index (χ1v) is 6.92. The summed E-state index contributed by atoms with van der Waals surface area (Å²) in [6.07, 6.45) is 1.50. The number of hydrogen-bond acceptors (Lipinski definition) is 3. The van der Waals surface area contributed by atoms with Crippen molar-refractivity contribution < 1.29 is 14.4 Å². The predicted octanol–water partition coefficient (Wildman–Crippen LogP) is 1.22. The van der Waals surface area contributed by atoms with E-state index >= 15 is 0 Å². The molecule has 2 amide bonds. The van der Waals surface area contributed by atoms with E-state index in [1.165, 1.54) is 6.20 Å². The third-order valence-corrected chi connectivity index (χ3v) is 3.09. The number of carbonyl (C=O) groups excluding carboxylic acids is 3. The molecule has 0 saturated heterocycles. The summed E-state index contributed by atoms with van der Waals surface area (Å²) in [6, 6.07) is 7.08. The van der Waals surface area contributed by atoms with E-state index in [-0.39, 0.29) is 23.6 Å². The van der Waals surface area contributed by atoms with Crippen LogP contribution < -0.4 is 11.1 Å². The van der Waals surface area contributed by atoms with E-state index in [2.05, 4.69) is 5.32 Å². The Hall–Kier alpha value is -2.63. The van der Waals surface area contributed by atoms with Crippen LogP contribution in [0.2, 0.25) is 0 Å². The molecule has 0 saturated carbocycles. The average Bonchev–Trinajstić information content (AvgIpc) is 2.74. The maximum absolute atomic E-state index is 12.1. The quantitative estimate of drug-likeness (QED) is 0.657. The summed E-state index contributed by atoms with van der Waals surface area (Å²) in [6.45, 7) is 5.73. The Labute approximate surface area is 128 Å². The maximum atomic E-state index is 12.1. The molecule has 0 aliphatic carbocycles. The fourth-order valence-electron chi connectivity index (χ4n) is 2.30. The number of amides is 2. The molecule has 0 atom stereocenters. The van der Waals surface area contributed by atoms with Gasteiger partial charge in [0, 0.05) is 22.6 Å². The summed E-state index contributed by atoms with van der Waals surface area (Å²) in [5, 5.41) is 3.46. The van der Waals surface area contributed by atoms with Crippen molar-refractivity contribution in [2.45, 2.75) is 32.9 Å². The van der Waals surface area contributed by atoms with Crippen molar-refractivity contribution in [3.63, 3.8) is 0 Å². The van der Waals surface area contributed by atoms with Gasteiger partial charge >= 0.3 is 0 Å². The van der Waals surface area contributed by atoms with Crippen LogP contribution >= 0.6 is 0 Å². The summed E-state index contributed by atoms with van der Waals surface area (Å²) in [7, 11) is 0. The SMILES string of the molecule is CC(C)(C)NC(=O)Cn1cc(C(=O)C(N)=O)c2ccccc21. The number of carbonyl (C=O) groups is 3. The summed E-state index contributed by atoms with van der Waals surface area (Å²) >= 11 is 0. The van der Waals surface area contributed by atoms with Crippen LogP contribution in [0.3, 0.4) is 0 Å². The number of nitrogens with two attached hydrogens (primary N) is 1. The second-order valence-electron chi connectivity index (χ2n) is 6.18. The molecule has 0 fully saturated rings. The maximum Gasteiger partial charge on any atom is 0.289 e. The highest BCUT2D eigenvalue weighted by Crippen LogP contribution is 2.21. The van der Waals surface area contributed by atoms with Crippen LogP contribution in [-0.2, 0) is 16.1 Å². The van der Waals surface area contributed by atoms with Gasteiger partial charge in [-0.15, -0.1) is 0 Å². The van der Waals surface area contributed by atoms with E-state index in [1.807, 2.05) is 20.8 Å². The molecule has 2 aromatic rings. The minimum atomic E-state index is -1.01. The van der Waals surface area contributed by atoms with Crippen LogP contribution in [0, 0.1) is 0 Å². The van der Waals surface area contributed by atoms with Gasteiger partial charge in [-0.3, -0.25) is 14.4 Å². The van der Waals surface area contributed by atoms with Crippen molar-refractivity contribution in [3.8, 4) is 0 Å². The van der Waals surface area contributed by atoms with E-state index in [1.54, 1.807) is 28.8 Å². The Kier molecular flexibility index (Phi) is 4.03. The van der Waals surface area contributed by atoms with Gasteiger partial charge in [-0.2, -0.15) is 0 Å². The van der Waals surface area contributed by atoms with Crippen molar-refractivity contribution in [3.05, 3.63) is 36.0 Å². The normalized spacial score (nSPS) is 11.4. The Balaban J connectivity index is 2.41. The number of aromatic nitrogens is 1. The first-order valence-electron chi connectivity index (χ1n) is 6.92. The van der Waals surface area contributed by atoms with Gasteiger partial charge in [0.05, 0.1) is 5.56 Å². The monoisotopic (exact) mass is 301 g/mol. The molecule has 3 N–H and O–H groups in total. The van der Waals surface area contributed by atoms with Gasteiger partial charge in [0.2, 0.25) is 5.91 Å². The van der Waals surface area contributed by atoms with Crippen LogP contribution in [0.15, 0.2) is 30.5 Å². The molecule has 6 nitrogen and oxygen atoms in total. The van der Waals surface area contributed by atoms with Crippen molar-refractivity contribution >= 4 is 28.5 Å². The van der Waals surface area contributed by atoms with Crippen molar-refractivity contribution in [2.24, 2.45) is 5.73 Å². The lowest BCUT2D eigenvalue weighted by Gasteiger charge is -2.20. The first kappa shape index (κ1) is 15.8. The average molecular weight is 301 g/mol. The van der Waals surface area contributed by atoms with Gasteiger partial charge in [0.1, 0.15) is 6.54 Å². The van der Waals surface area contributed by atoms with Crippen molar-refractivity contribution in [1.82, 2.24) is 9.88 Å².